The van der Waals surface area contributed by atoms with E-state index in [-0.39, 0.29) is 44.9 Å². The van der Waals surface area contributed by atoms with E-state index in [1.54, 1.807) is 0 Å². The first-order valence-corrected chi connectivity index (χ1v) is 11.3. The molecule has 8 nitrogen and oxygen atoms in total. The van der Waals surface area contributed by atoms with Crippen molar-refractivity contribution in [3.05, 3.63) is 84.5 Å². The van der Waals surface area contributed by atoms with Crippen LogP contribution in [0.15, 0.2) is 78.9 Å². The van der Waals surface area contributed by atoms with Crippen LogP contribution >= 0.6 is 0 Å². The number of carbonyl (C=O) groups is 4. The zero-order valence-electron chi connectivity index (χ0n) is 22.1. The summed E-state index contributed by atoms with van der Waals surface area (Å²) in [5.41, 5.74) is -2.27. The van der Waals surface area contributed by atoms with Crippen LogP contribution in [0.2, 0.25) is 0 Å². The first-order valence-electron chi connectivity index (χ1n) is 11.3. The molecule has 0 saturated carbocycles. The fourth-order valence-corrected chi connectivity index (χ4v) is 2.79. The molecular formula is C29H25F3O8. The van der Waals surface area contributed by atoms with E-state index in [0.717, 1.165) is 6.07 Å². The SMILES string of the molecule is C=C(C)C(=O)Oc1ccc(-c2cc(C(F)(F)F)c(OC(=O)C(=C)C)cc2OC(=O)C(=C)C)c(OC(=O)C(=C)C)c1. The molecule has 0 aromatic heterocycles. The van der Waals surface area contributed by atoms with Crippen molar-refractivity contribution in [2.45, 2.75) is 33.9 Å². The van der Waals surface area contributed by atoms with Crippen molar-refractivity contribution in [3.8, 4) is 34.1 Å². The Hall–Kier alpha value is -4.93. The molecule has 0 radical (unpaired) electrons. The number of benzene rings is 2. The Balaban J connectivity index is 2.92. The summed E-state index contributed by atoms with van der Waals surface area (Å²) in [7, 11) is 0. The first kappa shape index (κ1) is 31.3. The van der Waals surface area contributed by atoms with Crippen LogP contribution in [-0.2, 0) is 25.4 Å². The second-order valence-electron chi connectivity index (χ2n) is 8.68. The predicted molar refractivity (Wildman–Crippen MR) is 139 cm³/mol. The number of halogens is 3. The molecule has 0 unspecified atom stereocenters. The molecule has 0 spiro atoms. The standard InChI is InChI=1S/C29H25F3O8/c1-14(2)25(33)37-18-9-10-19(22(11-18)38-26(34)15(3)4)20-12-21(29(30,31)32)24(40-28(36)17(7)8)13-23(20)39-27(35)16(5)6/h9-13H,1,3,5,7H2,2,4,6,8H3. The topological polar surface area (TPSA) is 105 Å². The fourth-order valence-electron chi connectivity index (χ4n) is 2.79. The van der Waals surface area contributed by atoms with Crippen molar-refractivity contribution in [3.63, 3.8) is 0 Å². The Bertz CT molecular complexity index is 1460. The minimum Gasteiger partial charge on any atom is -0.423 e. The van der Waals surface area contributed by atoms with Crippen molar-refractivity contribution in [1.82, 2.24) is 0 Å². The third kappa shape index (κ3) is 7.79. The average Bonchev–Trinajstić information content (AvgIpc) is 2.83. The van der Waals surface area contributed by atoms with Crippen molar-refractivity contribution < 1.29 is 51.3 Å². The quantitative estimate of drug-likeness (QED) is 0.201. The molecule has 11 heteroatoms. The van der Waals surface area contributed by atoms with Gasteiger partial charge in [0.25, 0.3) is 0 Å². The maximum Gasteiger partial charge on any atom is 0.420 e. The minimum atomic E-state index is -5.05. The van der Waals surface area contributed by atoms with Gasteiger partial charge in [0, 0.05) is 45.6 Å². The Morgan fingerprint density at radius 1 is 0.575 bits per heavy atom. The molecule has 210 valence electrons. The molecule has 0 aliphatic carbocycles. The van der Waals surface area contributed by atoms with E-state index in [9.17, 15) is 32.3 Å². The summed E-state index contributed by atoms with van der Waals surface area (Å²) in [6.07, 6.45) is -5.05. The minimum absolute atomic E-state index is 0.0493. The summed E-state index contributed by atoms with van der Waals surface area (Å²) < 4.78 is 63.0. The maximum atomic E-state index is 14.1. The van der Waals surface area contributed by atoms with Crippen LogP contribution in [0.5, 0.6) is 23.0 Å². The molecule has 0 bridgehead atoms. The molecule has 40 heavy (non-hydrogen) atoms. The number of rotatable bonds is 9. The maximum absolute atomic E-state index is 14.1. The number of alkyl halides is 3. The van der Waals surface area contributed by atoms with Gasteiger partial charge in [-0.3, -0.25) is 0 Å². The van der Waals surface area contributed by atoms with Crippen LogP contribution in [0.25, 0.3) is 11.1 Å². The zero-order chi connectivity index (χ0) is 30.5. The Morgan fingerprint density at radius 2 is 0.975 bits per heavy atom. The average molecular weight is 559 g/mol. The van der Waals surface area contributed by atoms with Crippen LogP contribution in [-0.4, -0.2) is 23.9 Å². The van der Waals surface area contributed by atoms with Gasteiger partial charge < -0.3 is 18.9 Å². The molecule has 0 heterocycles. The zero-order valence-corrected chi connectivity index (χ0v) is 22.1. The summed E-state index contributed by atoms with van der Waals surface area (Å²) in [6.45, 7) is 19.0. The molecular weight excluding hydrogens is 533 g/mol. The number of esters is 4. The van der Waals surface area contributed by atoms with Crippen molar-refractivity contribution in [1.29, 1.82) is 0 Å². The molecule has 0 saturated heterocycles. The largest absolute Gasteiger partial charge is 0.423 e. The molecule has 0 atom stereocenters. The van der Waals surface area contributed by atoms with Crippen molar-refractivity contribution >= 4 is 23.9 Å². The lowest BCUT2D eigenvalue weighted by Crippen LogP contribution is -2.16. The lowest BCUT2D eigenvalue weighted by Gasteiger charge is -2.19. The van der Waals surface area contributed by atoms with Gasteiger partial charge in [0.1, 0.15) is 23.0 Å². The van der Waals surface area contributed by atoms with E-state index in [4.69, 9.17) is 18.9 Å². The van der Waals surface area contributed by atoms with Gasteiger partial charge >= 0.3 is 30.1 Å². The van der Waals surface area contributed by atoms with Crippen LogP contribution in [0.3, 0.4) is 0 Å². The summed E-state index contributed by atoms with van der Waals surface area (Å²) in [5, 5.41) is 0. The van der Waals surface area contributed by atoms with Crippen LogP contribution in [0, 0.1) is 0 Å². The third-order valence-electron chi connectivity index (χ3n) is 4.84. The summed E-state index contributed by atoms with van der Waals surface area (Å²) in [4.78, 5) is 48.8. The molecule has 0 aliphatic rings. The number of ether oxygens (including phenoxy) is 4. The van der Waals surface area contributed by atoms with E-state index in [1.807, 2.05) is 0 Å². The molecule has 2 aromatic carbocycles. The Labute approximate surface area is 228 Å². The lowest BCUT2D eigenvalue weighted by atomic mass is 9.99. The van der Waals surface area contributed by atoms with Crippen LogP contribution in [0.4, 0.5) is 13.2 Å². The van der Waals surface area contributed by atoms with Crippen molar-refractivity contribution in [2.24, 2.45) is 0 Å². The van der Waals surface area contributed by atoms with Gasteiger partial charge in [0.05, 0.1) is 5.56 Å². The normalized spacial score (nSPS) is 10.7. The summed E-state index contributed by atoms with van der Waals surface area (Å²) >= 11 is 0. The Morgan fingerprint density at radius 3 is 1.40 bits per heavy atom. The lowest BCUT2D eigenvalue weighted by molar-refractivity contribution is -0.141. The van der Waals surface area contributed by atoms with E-state index in [2.05, 4.69) is 26.3 Å². The highest BCUT2D eigenvalue weighted by atomic mass is 19.4. The molecule has 0 amide bonds. The number of carbonyl (C=O) groups excluding carboxylic acids is 4. The highest BCUT2D eigenvalue weighted by molar-refractivity contribution is 5.94. The summed E-state index contributed by atoms with van der Waals surface area (Å²) in [6, 6.07) is 4.70. The van der Waals surface area contributed by atoms with Gasteiger partial charge in [0.2, 0.25) is 0 Å². The molecule has 0 fully saturated rings. The third-order valence-corrected chi connectivity index (χ3v) is 4.84. The monoisotopic (exact) mass is 558 g/mol. The van der Waals surface area contributed by atoms with E-state index in [1.165, 1.54) is 39.8 Å². The van der Waals surface area contributed by atoms with E-state index < -0.39 is 47.1 Å². The van der Waals surface area contributed by atoms with Gasteiger partial charge in [-0.05, 0) is 45.9 Å². The fraction of sp³-hybridized carbons (Fsp3) is 0.172. The number of hydrogen-bond donors (Lipinski definition) is 0. The molecule has 2 aromatic rings. The second-order valence-corrected chi connectivity index (χ2v) is 8.68. The second kappa shape index (κ2) is 12.3. The highest BCUT2D eigenvalue weighted by Gasteiger charge is 2.37. The smallest absolute Gasteiger partial charge is 0.420 e. The van der Waals surface area contributed by atoms with Gasteiger partial charge in [0.15, 0.2) is 0 Å². The molecule has 2 rings (SSSR count). The van der Waals surface area contributed by atoms with E-state index in [0.29, 0.717) is 12.1 Å². The van der Waals surface area contributed by atoms with E-state index >= 15 is 0 Å². The number of hydrogen-bond acceptors (Lipinski definition) is 8. The highest BCUT2D eigenvalue weighted by Crippen LogP contribution is 2.46. The van der Waals surface area contributed by atoms with Gasteiger partial charge in [-0.1, -0.05) is 26.3 Å². The van der Waals surface area contributed by atoms with Crippen LogP contribution in [0.1, 0.15) is 33.3 Å². The molecule has 0 aliphatic heterocycles. The van der Waals surface area contributed by atoms with Gasteiger partial charge in [-0.25, -0.2) is 19.2 Å². The molecule has 0 N–H and O–H groups in total. The van der Waals surface area contributed by atoms with Crippen LogP contribution < -0.4 is 18.9 Å². The van der Waals surface area contributed by atoms with Crippen molar-refractivity contribution in [2.75, 3.05) is 0 Å². The first-order chi connectivity index (χ1) is 18.4. The van der Waals surface area contributed by atoms with Gasteiger partial charge in [-0.15, -0.1) is 0 Å². The van der Waals surface area contributed by atoms with Gasteiger partial charge in [-0.2, -0.15) is 13.2 Å². The predicted octanol–water partition coefficient (Wildman–Crippen LogP) is 6.30. The Kier molecular flexibility index (Phi) is 9.61. The summed E-state index contributed by atoms with van der Waals surface area (Å²) in [5.74, 6) is -5.90.